The molecule has 1 heterocycles. The molecule has 0 aliphatic heterocycles. The molecule has 4 aromatic rings. The smallest absolute Gasteiger partial charge is 0.272 e. The molecular weight excluding hydrogens is 489 g/mol. The van der Waals surface area contributed by atoms with E-state index in [2.05, 4.69) is 15.6 Å². The summed E-state index contributed by atoms with van der Waals surface area (Å²) in [6.07, 6.45) is 4.75. The maximum atomic E-state index is 13.1. The highest BCUT2D eigenvalue weighted by Gasteiger charge is 2.15. The molecule has 0 saturated heterocycles. The normalized spacial score (nSPS) is 11.0. The molecule has 0 saturated carbocycles. The summed E-state index contributed by atoms with van der Waals surface area (Å²) in [7, 11) is 0. The number of carbonyl (C=O) groups excluding carboxylic acids is 3. The Kier molecular flexibility index (Phi) is 8.57. The van der Waals surface area contributed by atoms with Gasteiger partial charge in [0.1, 0.15) is 11.5 Å². The summed E-state index contributed by atoms with van der Waals surface area (Å²) < 4.78 is 13.1. The van der Waals surface area contributed by atoms with E-state index in [9.17, 15) is 18.8 Å². The fraction of sp³-hybridized carbons (Fsp3) is 0.0345. The van der Waals surface area contributed by atoms with Gasteiger partial charge in [-0.05, 0) is 78.4 Å². The quantitative estimate of drug-likeness (QED) is 0.173. The number of thioether (sulfide) groups is 1. The maximum absolute atomic E-state index is 13.1. The van der Waals surface area contributed by atoms with Crippen molar-refractivity contribution >= 4 is 41.1 Å². The number of amides is 2. The molecule has 0 bridgehead atoms. The summed E-state index contributed by atoms with van der Waals surface area (Å²) >= 11 is 1.34. The number of Topliss-reactive ketones (excluding diaryl/α,β-unsaturated/α-hetero) is 1. The lowest BCUT2D eigenvalue weighted by molar-refractivity contribution is -0.113. The van der Waals surface area contributed by atoms with Crippen LogP contribution < -0.4 is 10.6 Å². The predicted molar refractivity (Wildman–Crippen MR) is 143 cm³/mol. The fourth-order valence-electron chi connectivity index (χ4n) is 3.27. The average molecular weight is 512 g/mol. The van der Waals surface area contributed by atoms with Gasteiger partial charge in [-0.1, -0.05) is 24.3 Å². The van der Waals surface area contributed by atoms with Gasteiger partial charge in [-0.2, -0.15) is 0 Å². The Bertz CT molecular complexity index is 1410. The Hall–Kier alpha value is -4.56. The molecule has 0 fully saturated rings. The summed E-state index contributed by atoms with van der Waals surface area (Å²) in [4.78, 5) is 43.0. The maximum Gasteiger partial charge on any atom is 0.272 e. The number of hydrogen-bond donors (Lipinski definition) is 2. The summed E-state index contributed by atoms with van der Waals surface area (Å²) in [5.41, 5.74) is 2.10. The lowest BCUT2D eigenvalue weighted by Gasteiger charge is -2.12. The summed E-state index contributed by atoms with van der Waals surface area (Å²) in [5, 5.41) is 5.47. The zero-order chi connectivity index (χ0) is 26.0. The van der Waals surface area contributed by atoms with E-state index >= 15 is 0 Å². The third-order valence-electron chi connectivity index (χ3n) is 5.17. The highest BCUT2D eigenvalue weighted by molar-refractivity contribution is 8.00. The van der Waals surface area contributed by atoms with E-state index < -0.39 is 11.8 Å². The van der Waals surface area contributed by atoms with Crippen LogP contribution in [0, 0.1) is 5.82 Å². The zero-order valence-corrected chi connectivity index (χ0v) is 20.4. The highest BCUT2D eigenvalue weighted by Crippen LogP contribution is 2.22. The van der Waals surface area contributed by atoms with Crippen LogP contribution in [0.1, 0.15) is 26.3 Å². The van der Waals surface area contributed by atoms with Gasteiger partial charge < -0.3 is 10.6 Å². The molecule has 8 heteroatoms. The van der Waals surface area contributed by atoms with Crippen molar-refractivity contribution < 1.29 is 18.8 Å². The van der Waals surface area contributed by atoms with Crippen molar-refractivity contribution in [1.29, 1.82) is 0 Å². The molecule has 37 heavy (non-hydrogen) atoms. The minimum atomic E-state index is -0.500. The van der Waals surface area contributed by atoms with Crippen LogP contribution in [0.3, 0.4) is 0 Å². The Morgan fingerprint density at radius 2 is 1.57 bits per heavy atom. The first-order valence-electron chi connectivity index (χ1n) is 11.3. The van der Waals surface area contributed by atoms with E-state index in [1.165, 1.54) is 36.0 Å². The van der Waals surface area contributed by atoms with Crippen molar-refractivity contribution in [3.8, 4) is 0 Å². The number of halogens is 1. The Balaban J connectivity index is 1.42. The van der Waals surface area contributed by atoms with E-state index in [0.29, 0.717) is 22.4 Å². The Labute approximate surface area is 217 Å². The number of hydrogen-bond acceptors (Lipinski definition) is 5. The topological polar surface area (TPSA) is 88.2 Å². The molecule has 0 aliphatic carbocycles. The molecule has 0 spiro atoms. The van der Waals surface area contributed by atoms with Gasteiger partial charge in [0.15, 0.2) is 5.78 Å². The molecule has 6 nitrogen and oxygen atoms in total. The third kappa shape index (κ3) is 7.46. The lowest BCUT2D eigenvalue weighted by Crippen LogP contribution is -2.30. The van der Waals surface area contributed by atoms with E-state index in [-0.39, 0.29) is 23.1 Å². The van der Waals surface area contributed by atoms with Gasteiger partial charge in [0.05, 0.1) is 5.75 Å². The Morgan fingerprint density at radius 1 is 0.838 bits per heavy atom. The number of nitrogens with zero attached hydrogens (tertiary/aromatic N) is 1. The van der Waals surface area contributed by atoms with Crippen LogP contribution in [-0.2, 0) is 4.79 Å². The van der Waals surface area contributed by atoms with Crippen LogP contribution in [0.5, 0.6) is 0 Å². The second kappa shape index (κ2) is 12.4. The predicted octanol–water partition coefficient (Wildman–Crippen LogP) is 5.61. The minimum Gasteiger partial charge on any atom is -0.321 e. The van der Waals surface area contributed by atoms with E-state index in [0.717, 1.165) is 4.90 Å². The number of rotatable bonds is 9. The van der Waals surface area contributed by atoms with Crippen LogP contribution in [0.4, 0.5) is 10.1 Å². The van der Waals surface area contributed by atoms with Crippen LogP contribution in [0.15, 0.2) is 114 Å². The molecule has 0 aliphatic rings. The van der Waals surface area contributed by atoms with Crippen molar-refractivity contribution in [2.24, 2.45) is 0 Å². The van der Waals surface area contributed by atoms with Crippen molar-refractivity contribution in [3.63, 3.8) is 0 Å². The van der Waals surface area contributed by atoms with Crippen molar-refractivity contribution in [1.82, 2.24) is 10.3 Å². The molecule has 1 aromatic heterocycles. The van der Waals surface area contributed by atoms with E-state index in [1.54, 1.807) is 85.2 Å². The molecule has 0 atom stereocenters. The number of aromatic nitrogens is 1. The van der Waals surface area contributed by atoms with Gasteiger partial charge in [-0.25, -0.2) is 4.39 Å². The van der Waals surface area contributed by atoms with Crippen molar-refractivity contribution in [2.45, 2.75) is 4.90 Å². The van der Waals surface area contributed by atoms with Gasteiger partial charge >= 0.3 is 0 Å². The molecule has 2 amide bonds. The number of nitrogens with one attached hydrogen (secondary N) is 2. The second-order valence-corrected chi connectivity index (χ2v) is 8.91. The van der Waals surface area contributed by atoms with Gasteiger partial charge in [0, 0.05) is 34.1 Å². The number of pyridine rings is 1. The van der Waals surface area contributed by atoms with Gasteiger partial charge in [0.2, 0.25) is 0 Å². The highest BCUT2D eigenvalue weighted by atomic mass is 32.2. The molecule has 2 N–H and O–H groups in total. The monoisotopic (exact) mass is 511 g/mol. The van der Waals surface area contributed by atoms with E-state index in [4.69, 9.17) is 0 Å². The first kappa shape index (κ1) is 25.5. The van der Waals surface area contributed by atoms with E-state index in [1.807, 2.05) is 0 Å². The first-order chi connectivity index (χ1) is 18.0. The van der Waals surface area contributed by atoms with Gasteiger partial charge in [0.25, 0.3) is 11.8 Å². The van der Waals surface area contributed by atoms with Crippen LogP contribution in [0.25, 0.3) is 6.08 Å². The fourth-order valence-corrected chi connectivity index (χ4v) is 4.06. The number of anilines is 1. The van der Waals surface area contributed by atoms with Crippen LogP contribution >= 0.6 is 11.8 Å². The number of carbonyl (C=O) groups is 3. The van der Waals surface area contributed by atoms with Crippen LogP contribution in [0.2, 0.25) is 0 Å². The second-order valence-electron chi connectivity index (χ2n) is 7.86. The molecule has 0 radical (unpaired) electrons. The summed E-state index contributed by atoms with van der Waals surface area (Å²) in [6, 6.07) is 24.5. The standard InChI is InChI=1S/C29H22FN3O3S/c30-23-10-8-21(9-11-23)27(34)19-37-25-14-12-24(13-15-25)32-29(36)26(17-20-5-4-16-31-18-20)33-28(35)22-6-2-1-3-7-22/h1-18H,19H2,(H,32,36)(H,33,35)/b26-17-. The van der Waals surface area contributed by atoms with Gasteiger partial charge in [-0.3, -0.25) is 19.4 Å². The molecule has 184 valence electrons. The number of ketones is 1. The first-order valence-corrected chi connectivity index (χ1v) is 12.3. The summed E-state index contributed by atoms with van der Waals surface area (Å²) in [5.74, 6) is -1.22. The molecule has 0 unspecified atom stereocenters. The molecular formula is C29H22FN3O3S. The van der Waals surface area contributed by atoms with Crippen molar-refractivity contribution in [2.75, 3.05) is 11.1 Å². The summed E-state index contributed by atoms with van der Waals surface area (Å²) in [6.45, 7) is 0. The minimum absolute atomic E-state index is 0.0604. The molecule has 4 rings (SSSR count). The average Bonchev–Trinajstić information content (AvgIpc) is 2.93. The van der Waals surface area contributed by atoms with Crippen molar-refractivity contribution in [3.05, 3.63) is 132 Å². The lowest BCUT2D eigenvalue weighted by atomic mass is 10.1. The SMILES string of the molecule is O=C(Nc1ccc(SCC(=O)c2ccc(F)cc2)cc1)/C(=C/c1cccnc1)NC(=O)c1ccccc1. The third-order valence-corrected chi connectivity index (χ3v) is 6.18. The van der Waals surface area contributed by atoms with Gasteiger partial charge in [-0.15, -0.1) is 11.8 Å². The number of benzene rings is 3. The zero-order valence-electron chi connectivity index (χ0n) is 19.6. The largest absolute Gasteiger partial charge is 0.321 e. The Morgan fingerprint density at radius 3 is 2.24 bits per heavy atom. The molecule has 3 aromatic carbocycles. The van der Waals surface area contributed by atoms with Crippen LogP contribution in [-0.4, -0.2) is 28.3 Å².